The Balaban J connectivity index is 2.28. The lowest BCUT2D eigenvalue weighted by Gasteiger charge is -2.05. The number of hydrogen-bond donors (Lipinski definition) is 0. The third-order valence-corrected chi connectivity index (χ3v) is 2.69. The fourth-order valence-corrected chi connectivity index (χ4v) is 1.86. The Morgan fingerprint density at radius 1 is 1.25 bits per heavy atom. The van der Waals surface area contributed by atoms with Crippen LogP contribution in [-0.2, 0) is 0 Å². The smallest absolute Gasteiger partial charge is 0.164 e. The van der Waals surface area contributed by atoms with Gasteiger partial charge in [-0.2, -0.15) is 0 Å². The summed E-state index contributed by atoms with van der Waals surface area (Å²) in [5, 5.41) is 7.99. The Hall–Kier alpha value is -2.23. The van der Waals surface area contributed by atoms with Gasteiger partial charge in [0, 0.05) is 29.7 Å². The van der Waals surface area contributed by atoms with Crippen molar-refractivity contribution < 1.29 is 0 Å². The Morgan fingerprint density at radius 2 is 2.19 bits per heavy atom. The van der Waals surface area contributed by atoms with Crippen molar-refractivity contribution in [3.05, 3.63) is 48.7 Å². The van der Waals surface area contributed by atoms with Gasteiger partial charge in [-0.1, -0.05) is 6.07 Å². The highest BCUT2D eigenvalue weighted by Gasteiger charge is 2.06. The maximum atomic E-state index is 4.13. The average Bonchev–Trinajstić information content (AvgIpc) is 2.80. The van der Waals surface area contributed by atoms with Crippen LogP contribution in [0.15, 0.2) is 43.1 Å². The van der Waals surface area contributed by atoms with Crippen LogP contribution in [0.2, 0.25) is 0 Å². The number of aryl methyl sites for hydroxylation is 1. The number of nitrogens with zero attached hydrogens (tertiary/aromatic N) is 4. The van der Waals surface area contributed by atoms with Gasteiger partial charge in [-0.3, -0.25) is 9.38 Å². The van der Waals surface area contributed by atoms with E-state index in [0.29, 0.717) is 0 Å². The molecule has 0 bridgehead atoms. The molecule has 0 aromatic carbocycles. The molecule has 0 amide bonds. The summed E-state index contributed by atoms with van der Waals surface area (Å²) in [4.78, 5) is 4.13. The minimum absolute atomic E-state index is 0.890. The highest BCUT2D eigenvalue weighted by atomic mass is 15.2. The summed E-state index contributed by atoms with van der Waals surface area (Å²) in [5.74, 6) is 0. The first-order valence-electron chi connectivity index (χ1n) is 5.05. The van der Waals surface area contributed by atoms with Crippen LogP contribution in [0.5, 0.6) is 0 Å². The Labute approximate surface area is 92.6 Å². The summed E-state index contributed by atoms with van der Waals surface area (Å²) in [6, 6.07) is 6.04. The number of hydrogen-bond acceptors (Lipinski definition) is 3. The molecule has 0 aliphatic rings. The molecule has 4 heteroatoms. The van der Waals surface area contributed by atoms with Crippen LogP contribution >= 0.6 is 0 Å². The molecular formula is C12H10N4. The van der Waals surface area contributed by atoms with E-state index in [0.717, 1.165) is 22.3 Å². The van der Waals surface area contributed by atoms with Gasteiger partial charge in [-0.25, -0.2) is 0 Å². The van der Waals surface area contributed by atoms with Crippen LogP contribution in [0, 0.1) is 6.92 Å². The molecule has 0 fully saturated rings. The van der Waals surface area contributed by atoms with E-state index in [1.54, 1.807) is 12.5 Å². The van der Waals surface area contributed by atoms with Gasteiger partial charge in [0.1, 0.15) is 6.33 Å². The molecule has 0 atom stereocenters. The van der Waals surface area contributed by atoms with E-state index in [2.05, 4.69) is 21.2 Å². The number of aromatic nitrogens is 4. The Bertz CT molecular complexity index is 628. The largest absolute Gasteiger partial charge is 0.289 e. The lowest BCUT2D eigenvalue weighted by Crippen LogP contribution is -1.91. The van der Waals surface area contributed by atoms with E-state index < -0.39 is 0 Å². The molecule has 3 aromatic heterocycles. The van der Waals surface area contributed by atoms with Crippen molar-refractivity contribution in [3.8, 4) is 11.1 Å². The monoisotopic (exact) mass is 210 g/mol. The molecule has 3 aromatic rings. The molecule has 16 heavy (non-hydrogen) atoms. The molecule has 0 saturated carbocycles. The van der Waals surface area contributed by atoms with Crippen LogP contribution < -0.4 is 0 Å². The van der Waals surface area contributed by atoms with Crippen molar-refractivity contribution in [3.63, 3.8) is 0 Å². The van der Waals surface area contributed by atoms with E-state index in [1.165, 1.54) is 0 Å². The normalized spacial score (nSPS) is 10.8. The standard InChI is InChI=1S/C12H10N4/c1-9-11(10-3-2-5-13-7-10)4-6-16-8-14-15-12(9)16/h2-8H,1H3. The van der Waals surface area contributed by atoms with Crippen molar-refractivity contribution in [1.82, 2.24) is 19.6 Å². The number of fused-ring (bicyclic) bond motifs is 1. The third kappa shape index (κ3) is 1.27. The van der Waals surface area contributed by atoms with Gasteiger partial charge in [0.25, 0.3) is 0 Å². The molecule has 4 nitrogen and oxygen atoms in total. The second kappa shape index (κ2) is 3.41. The van der Waals surface area contributed by atoms with E-state index >= 15 is 0 Å². The van der Waals surface area contributed by atoms with E-state index in [9.17, 15) is 0 Å². The van der Waals surface area contributed by atoms with Gasteiger partial charge < -0.3 is 0 Å². The van der Waals surface area contributed by atoms with Crippen molar-refractivity contribution in [2.45, 2.75) is 6.92 Å². The molecule has 0 saturated heterocycles. The van der Waals surface area contributed by atoms with Gasteiger partial charge in [-0.15, -0.1) is 10.2 Å². The lowest BCUT2D eigenvalue weighted by molar-refractivity contribution is 1.10. The average molecular weight is 210 g/mol. The van der Waals surface area contributed by atoms with Gasteiger partial charge in [0.05, 0.1) is 0 Å². The first-order chi connectivity index (χ1) is 7.86. The first-order valence-corrected chi connectivity index (χ1v) is 5.05. The summed E-state index contributed by atoms with van der Waals surface area (Å²) < 4.78 is 1.91. The molecule has 3 heterocycles. The third-order valence-electron chi connectivity index (χ3n) is 2.69. The summed E-state index contributed by atoms with van der Waals surface area (Å²) in [6.07, 6.45) is 7.30. The molecule has 78 valence electrons. The molecular weight excluding hydrogens is 200 g/mol. The van der Waals surface area contributed by atoms with Crippen LogP contribution in [0.3, 0.4) is 0 Å². The van der Waals surface area contributed by atoms with Gasteiger partial charge in [-0.05, 0) is 24.6 Å². The maximum Gasteiger partial charge on any atom is 0.164 e. The fourth-order valence-electron chi connectivity index (χ4n) is 1.86. The van der Waals surface area contributed by atoms with E-state index in [4.69, 9.17) is 0 Å². The number of pyridine rings is 2. The zero-order valence-electron chi connectivity index (χ0n) is 8.83. The Kier molecular flexibility index (Phi) is 1.93. The zero-order valence-corrected chi connectivity index (χ0v) is 8.83. The molecule has 0 aliphatic heterocycles. The quantitative estimate of drug-likeness (QED) is 0.617. The van der Waals surface area contributed by atoms with Crippen molar-refractivity contribution in [2.24, 2.45) is 0 Å². The topological polar surface area (TPSA) is 43.1 Å². The highest BCUT2D eigenvalue weighted by molar-refractivity contribution is 5.71. The van der Waals surface area contributed by atoms with Crippen molar-refractivity contribution in [1.29, 1.82) is 0 Å². The number of rotatable bonds is 1. The summed E-state index contributed by atoms with van der Waals surface area (Å²) in [7, 11) is 0. The van der Waals surface area contributed by atoms with Gasteiger partial charge >= 0.3 is 0 Å². The molecule has 0 spiro atoms. The van der Waals surface area contributed by atoms with Gasteiger partial charge in [0.2, 0.25) is 0 Å². The summed E-state index contributed by atoms with van der Waals surface area (Å²) in [6.45, 7) is 2.05. The second-order valence-corrected chi connectivity index (χ2v) is 3.66. The lowest BCUT2D eigenvalue weighted by atomic mass is 10.0. The first kappa shape index (κ1) is 9.03. The van der Waals surface area contributed by atoms with Crippen LogP contribution in [-0.4, -0.2) is 19.6 Å². The van der Waals surface area contributed by atoms with Crippen LogP contribution in [0.4, 0.5) is 0 Å². The predicted octanol–water partition coefficient (Wildman–Crippen LogP) is 2.10. The molecule has 0 aliphatic carbocycles. The van der Waals surface area contributed by atoms with Crippen LogP contribution in [0.25, 0.3) is 16.8 Å². The molecule has 0 N–H and O–H groups in total. The van der Waals surface area contributed by atoms with E-state index in [-0.39, 0.29) is 0 Å². The minimum atomic E-state index is 0.890. The van der Waals surface area contributed by atoms with Crippen molar-refractivity contribution >= 4 is 5.65 Å². The molecule has 0 radical (unpaired) electrons. The van der Waals surface area contributed by atoms with Gasteiger partial charge in [0.15, 0.2) is 5.65 Å². The second-order valence-electron chi connectivity index (χ2n) is 3.66. The molecule has 0 unspecified atom stereocenters. The minimum Gasteiger partial charge on any atom is -0.289 e. The maximum absolute atomic E-state index is 4.13. The fraction of sp³-hybridized carbons (Fsp3) is 0.0833. The predicted molar refractivity (Wildman–Crippen MR) is 61.0 cm³/mol. The SMILES string of the molecule is Cc1c(-c2cccnc2)ccn2cnnc12. The van der Waals surface area contributed by atoms with Crippen molar-refractivity contribution in [2.75, 3.05) is 0 Å². The summed E-state index contributed by atoms with van der Waals surface area (Å²) >= 11 is 0. The summed E-state index contributed by atoms with van der Waals surface area (Å²) in [5.41, 5.74) is 4.26. The van der Waals surface area contributed by atoms with Crippen LogP contribution in [0.1, 0.15) is 5.56 Å². The highest BCUT2D eigenvalue weighted by Crippen LogP contribution is 2.24. The zero-order chi connectivity index (χ0) is 11.0. The molecule has 3 rings (SSSR count). The van der Waals surface area contributed by atoms with E-state index in [1.807, 2.05) is 35.9 Å². The Morgan fingerprint density at radius 3 is 3.00 bits per heavy atom.